The molecule has 1 aromatic heterocycles. The van der Waals surface area contributed by atoms with Crippen LogP contribution in [0.25, 0.3) is 10.9 Å². The van der Waals surface area contributed by atoms with Crippen LogP contribution in [0.2, 0.25) is 5.02 Å². The van der Waals surface area contributed by atoms with Crippen LogP contribution in [0.1, 0.15) is 0 Å². The van der Waals surface area contributed by atoms with Crippen LogP contribution in [-0.4, -0.2) is 24.9 Å². The van der Waals surface area contributed by atoms with Gasteiger partial charge in [-0.2, -0.15) is 4.37 Å². The molecule has 24 heavy (non-hydrogen) atoms. The number of aromatic nitrogens is 1. The van der Waals surface area contributed by atoms with E-state index in [1.165, 1.54) is 31.3 Å². The quantitative estimate of drug-likeness (QED) is 0.666. The smallest absolute Gasteiger partial charge is 0.240 e. The number of aromatic hydroxyl groups is 1. The Labute approximate surface area is 146 Å². The molecule has 0 amide bonds. The number of hydrogen-bond acceptors (Lipinski definition) is 7. The van der Waals surface area contributed by atoms with Crippen molar-refractivity contribution < 1.29 is 13.5 Å². The molecule has 0 bridgehead atoms. The summed E-state index contributed by atoms with van der Waals surface area (Å²) in [5, 5.41) is 18.8. The molecule has 0 spiro atoms. The number of nitrogens with one attached hydrogen (secondary N) is 1. The van der Waals surface area contributed by atoms with E-state index in [9.17, 15) is 13.5 Å². The molecule has 7 nitrogen and oxygen atoms in total. The highest BCUT2D eigenvalue weighted by atomic mass is 35.5. The number of azo groups is 1. The number of halogens is 1. The Morgan fingerprint density at radius 3 is 2.71 bits per heavy atom. The van der Waals surface area contributed by atoms with Gasteiger partial charge in [-0.05, 0) is 55.0 Å². The average Bonchev–Trinajstić information content (AvgIpc) is 2.98. The lowest BCUT2D eigenvalue weighted by Gasteiger charge is -2.01. The molecule has 0 aliphatic rings. The van der Waals surface area contributed by atoms with Crippen LogP contribution in [0.4, 0.5) is 10.7 Å². The van der Waals surface area contributed by atoms with Crippen molar-refractivity contribution in [3.05, 3.63) is 41.4 Å². The van der Waals surface area contributed by atoms with E-state index < -0.39 is 10.0 Å². The van der Waals surface area contributed by atoms with Gasteiger partial charge >= 0.3 is 0 Å². The van der Waals surface area contributed by atoms with Crippen LogP contribution >= 0.6 is 23.1 Å². The zero-order valence-electron chi connectivity index (χ0n) is 12.3. The van der Waals surface area contributed by atoms with E-state index in [1.54, 1.807) is 12.1 Å². The molecule has 2 N–H and O–H groups in total. The van der Waals surface area contributed by atoms with Gasteiger partial charge in [0.25, 0.3) is 0 Å². The first-order chi connectivity index (χ1) is 11.4. The predicted molar refractivity (Wildman–Crippen MR) is 93.2 cm³/mol. The van der Waals surface area contributed by atoms with Gasteiger partial charge in [0.05, 0.1) is 21.1 Å². The van der Waals surface area contributed by atoms with Gasteiger partial charge < -0.3 is 5.11 Å². The standard InChI is InChI=1S/C14H11ClN4O3S2/c1-16-24(21,22)9-3-4-12-10(7-9)14(23-19-12)18-17-8-2-5-13(20)11(15)6-8/h2-7,16,20H,1H3/b18-17+. The Hall–Kier alpha value is -2.07. The van der Waals surface area contributed by atoms with Crippen molar-refractivity contribution in [2.75, 3.05) is 7.05 Å². The Balaban J connectivity index is 2.01. The van der Waals surface area contributed by atoms with Crippen molar-refractivity contribution in [3.63, 3.8) is 0 Å². The Morgan fingerprint density at radius 1 is 1.21 bits per heavy atom. The maximum atomic E-state index is 11.9. The third-order valence-corrected chi connectivity index (χ3v) is 5.67. The molecule has 3 rings (SSSR count). The summed E-state index contributed by atoms with van der Waals surface area (Å²) in [5.41, 5.74) is 1.09. The van der Waals surface area contributed by atoms with E-state index in [0.717, 1.165) is 11.5 Å². The van der Waals surface area contributed by atoms with E-state index in [0.29, 0.717) is 21.6 Å². The fourth-order valence-electron chi connectivity index (χ4n) is 1.93. The van der Waals surface area contributed by atoms with Gasteiger partial charge in [-0.1, -0.05) is 11.6 Å². The van der Waals surface area contributed by atoms with E-state index in [1.807, 2.05) is 0 Å². The van der Waals surface area contributed by atoms with Crippen LogP contribution in [0, 0.1) is 0 Å². The normalized spacial score (nSPS) is 12.2. The highest BCUT2D eigenvalue weighted by Gasteiger charge is 2.14. The van der Waals surface area contributed by atoms with Gasteiger partial charge in [0.15, 0.2) is 5.00 Å². The van der Waals surface area contributed by atoms with Crippen LogP contribution in [0.5, 0.6) is 5.75 Å². The zero-order valence-corrected chi connectivity index (χ0v) is 14.7. The van der Waals surface area contributed by atoms with Crippen molar-refractivity contribution in [1.82, 2.24) is 9.10 Å². The fourth-order valence-corrected chi connectivity index (χ4v) is 3.54. The first kappa shape index (κ1) is 16.8. The number of phenolic OH excluding ortho intramolecular Hbond substituents is 1. The molecule has 10 heteroatoms. The molecule has 0 unspecified atom stereocenters. The van der Waals surface area contributed by atoms with Gasteiger partial charge in [0.2, 0.25) is 10.0 Å². The molecular formula is C14H11ClN4O3S2. The minimum Gasteiger partial charge on any atom is -0.506 e. The summed E-state index contributed by atoms with van der Waals surface area (Å²) in [6.07, 6.45) is 0. The summed E-state index contributed by atoms with van der Waals surface area (Å²) in [4.78, 5) is 0.127. The van der Waals surface area contributed by atoms with Gasteiger partial charge in [-0.25, -0.2) is 13.1 Å². The first-order valence-corrected chi connectivity index (χ1v) is 9.27. The fraction of sp³-hybridized carbons (Fsp3) is 0.0714. The first-order valence-electron chi connectivity index (χ1n) is 6.64. The molecule has 0 radical (unpaired) electrons. The lowest BCUT2D eigenvalue weighted by atomic mass is 10.2. The average molecular weight is 383 g/mol. The van der Waals surface area contributed by atoms with Gasteiger partial charge in [-0.15, -0.1) is 10.2 Å². The second-order valence-electron chi connectivity index (χ2n) is 4.71. The summed E-state index contributed by atoms with van der Waals surface area (Å²) in [7, 11) is -2.20. The molecule has 0 aliphatic heterocycles. The van der Waals surface area contributed by atoms with Gasteiger partial charge in [-0.3, -0.25) is 0 Å². The van der Waals surface area contributed by atoms with Crippen LogP contribution in [0.3, 0.4) is 0 Å². The lowest BCUT2D eigenvalue weighted by molar-refractivity contribution is 0.475. The van der Waals surface area contributed by atoms with E-state index in [-0.39, 0.29) is 15.7 Å². The van der Waals surface area contributed by atoms with Crippen LogP contribution in [0.15, 0.2) is 51.5 Å². The number of benzene rings is 2. The van der Waals surface area contributed by atoms with E-state index >= 15 is 0 Å². The predicted octanol–water partition coefficient (Wildman–Crippen LogP) is 3.98. The second-order valence-corrected chi connectivity index (χ2v) is 7.76. The highest BCUT2D eigenvalue weighted by Crippen LogP contribution is 2.34. The maximum absolute atomic E-state index is 11.9. The number of nitrogens with zero attached hydrogens (tertiary/aromatic N) is 3. The summed E-state index contributed by atoms with van der Waals surface area (Å²) in [6.45, 7) is 0. The van der Waals surface area contributed by atoms with Gasteiger partial charge in [0, 0.05) is 5.39 Å². The summed E-state index contributed by atoms with van der Waals surface area (Å²) < 4.78 is 30.3. The third kappa shape index (κ3) is 3.24. The molecule has 2 aromatic carbocycles. The maximum Gasteiger partial charge on any atom is 0.240 e. The van der Waals surface area contributed by atoms with E-state index in [4.69, 9.17) is 11.6 Å². The summed E-state index contributed by atoms with van der Waals surface area (Å²) >= 11 is 6.93. The highest BCUT2D eigenvalue weighted by molar-refractivity contribution is 7.89. The van der Waals surface area contributed by atoms with Crippen molar-refractivity contribution in [2.24, 2.45) is 10.2 Å². The molecule has 0 atom stereocenters. The molecule has 0 saturated carbocycles. The number of sulfonamides is 1. The number of phenols is 1. The molecule has 3 aromatic rings. The third-order valence-electron chi connectivity index (χ3n) is 3.20. The SMILES string of the molecule is CNS(=O)(=O)c1ccc2nsc(/N=N/c3ccc(O)c(Cl)c3)c2c1. The Bertz CT molecular complexity index is 1050. The van der Waals surface area contributed by atoms with E-state index in [2.05, 4.69) is 19.3 Å². The van der Waals surface area contributed by atoms with Crippen LogP contribution in [-0.2, 0) is 10.0 Å². The zero-order chi connectivity index (χ0) is 17.3. The van der Waals surface area contributed by atoms with Crippen LogP contribution < -0.4 is 4.72 Å². The van der Waals surface area contributed by atoms with Crippen molar-refractivity contribution in [1.29, 1.82) is 0 Å². The topological polar surface area (TPSA) is 104 Å². The molecule has 124 valence electrons. The summed E-state index contributed by atoms with van der Waals surface area (Å²) in [6, 6.07) is 9.05. The molecular weight excluding hydrogens is 372 g/mol. The molecule has 0 aliphatic carbocycles. The van der Waals surface area contributed by atoms with Crippen molar-refractivity contribution in [2.45, 2.75) is 4.90 Å². The molecule has 0 fully saturated rings. The molecule has 0 saturated heterocycles. The summed E-state index contributed by atoms with van der Waals surface area (Å²) in [5.74, 6) is -0.0410. The van der Waals surface area contributed by atoms with Crippen molar-refractivity contribution in [3.8, 4) is 5.75 Å². The minimum atomic E-state index is -3.55. The minimum absolute atomic E-state index is 0.0410. The number of fused-ring (bicyclic) bond motifs is 1. The molecule has 1 heterocycles. The van der Waals surface area contributed by atoms with Gasteiger partial charge in [0.1, 0.15) is 5.75 Å². The Kier molecular flexibility index (Phi) is 4.50. The monoisotopic (exact) mass is 382 g/mol. The second kappa shape index (κ2) is 6.44. The number of hydrogen-bond donors (Lipinski definition) is 2. The largest absolute Gasteiger partial charge is 0.506 e. The lowest BCUT2D eigenvalue weighted by Crippen LogP contribution is -2.18. The van der Waals surface area contributed by atoms with Crippen molar-refractivity contribution >= 4 is 54.7 Å². The Morgan fingerprint density at radius 2 is 2.00 bits per heavy atom. The number of rotatable bonds is 4.